The van der Waals surface area contributed by atoms with Gasteiger partial charge in [0, 0.05) is 25.2 Å². The Bertz CT molecular complexity index is 328. The van der Waals surface area contributed by atoms with Crippen LogP contribution in [-0.2, 0) is 4.79 Å². The van der Waals surface area contributed by atoms with Crippen molar-refractivity contribution in [1.82, 2.24) is 5.32 Å². The molecule has 3 nitrogen and oxygen atoms in total. The highest BCUT2D eigenvalue weighted by atomic mass is 19.1. The van der Waals surface area contributed by atoms with Crippen LogP contribution in [0.3, 0.4) is 0 Å². The first-order valence-electron chi connectivity index (χ1n) is 4.98. The molecule has 0 aliphatic heterocycles. The van der Waals surface area contributed by atoms with Gasteiger partial charge in [0.2, 0.25) is 5.91 Å². The summed E-state index contributed by atoms with van der Waals surface area (Å²) in [5.74, 6) is -0.278. The van der Waals surface area contributed by atoms with Gasteiger partial charge >= 0.3 is 0 Å². The Balaban J connectivity index is 2.28. The van der Waals surface area contributed by atoms with E-state index in [0.717, 1.165) is 0 Å². The van der Waals surface area contributed by atoms with Crippen molar-refractivity contribution >= 4 is 11.6 Å². The summed E-state index contributed by atoms with van der Waals surface area (Å²) in [5.41, 5.74) is 0.694. The molecule has 0 atom stereocenters. The third-order valence-corrected chi connectivity index (χ3v) is 1.88. The summed E-state index contributed by atoms with van der Waals surface area (Å²) in [4.78, 5) is 11.1. The van der Waals surface area contributed by atoms with Gasteiger partial charge in [-0.05, 0) is 25.1 Å². The molecule has 0 spiro atoms. The van der Waals surface area contributed by atoms with Crippen LogP contribution in [-0.4, -0.2) is 19.0 Å². The van der Waals surface area contributed by atoms with E-state index >= 15 is 0 Å². The summed E-state index contributed by atoms with van der Waals surface area (Å²) >= 11 is 0. The van der Waals surface area contributed by atoms with Crippen molar-refractivity contribution in [2.24, 2.45) is 0 Å². The van der Waals surface area contributed by atoms with Gasteiger partial charge in [0.25, 0.3) is 0 Å². The lowest BCUT2D eigenvalue weighted by Crippen LogP contribution is -2.24. The predicted octanol–water partition coefficient (Wildman–Crippen LogP) is 1.76. The normalized spacial score (nSPS) is 9.73. The van der Waals surface area contributed by atoms with Crippen LogP contribution in [0.25, 0.3) is 0 Å². The SMILES string of the molecule is CCNC(=O)CCNc1cccc(F)c1. The molecular formula is C11H15FN2O. The minimum absolute atomic E-state index is 0.00130. The van der Waals surface area contributed by atoms with Crippen molar-refractivity contribution < 1.29 is 9.18 Å². The van der Waals surface area contributed by atoms with E-state index in [2.05, 4.69) is 10.6 Å². The van der Waals surface area contributed by atoms with Crippen molar-refractivity contribution in [2.45, 2.75) is 13.3 Å². The summed E-state index contributed by atoms with van der Waals surface area (Å²) in [6, 6.07) is 6.18. The summed E-state index contributed by atoms with van der Waals surface area (Å²) < 4.78 is 12.8. The Morgan fingerprint density at radius 3 is 2.93 bits per heavy atom. The van der Waals surface area contributed by atoms with Crippen molar-refractivity contribution in [3.05, 3.63) is 30.1 Å². The molecule has 0 aromatic heterocycles. The molecule has 0 heterocycles. The summed E-state index contributed by atoms with van der Waals surface area (Å²) in [6.45, 7) is 3.02. The van der Waals surface area contributed by atoms with Gasteiger partial charge in [0.05, 0.1) is 0 Å². The van der Waals surface area contributed by atoms with Gasteiger partial charge < -0.3 is 10.6 Å². The molecule has 1 amide bonds. The van der Waals surface area contributed by atoms with E-state index in [9.17, 15) is 9.18 Å². The second kappa shape index (κ2) is 6.01. The van der Waals surface area contributed by atoms with E-state index in [1.807, 2.05) is 6.92 Å². The Labute approximate surface area is 88.7 Å². The third kappa shape index (κ3) is 4.44. The summed E-state index contributed by atoms with van der Waals surface area (Å²) in [6.07, 6.45) is 0.393. The number of nitrogens with one attached hydrogen (secondary N) is 2. The molecule has 0 radical (unpaired) electrons. The van der Waals surface area contributed by atoms with Crippen molar-refractivity contribution in [1.29, 1.82) is 0 Å². The quantitative estimate of drug-likeness (QED) is 0.777. The maximum absolute atomic E-state index is 12.8. The molecule has 1 aromatic carbocycles. The number of amides is 1. The van der Waals surface area contributed by atoms with Gasteiger partial charge in [-0.2, -0.15) is 0 Å². The number of hydrogen-bond acceptors (Lipinski definition) is 2. The van der Waals surface area contributed by atoms with E-state index in [0.29, 0.717) is 25.2 Å². The molecule has 0 aliphatic rings. The average Bonchev–Trinajstić information content (AvgIpc) is 2.18. The standard InChI is InChI=1S/C11H15FN2O/c1-2-13-11(15)6-7-14-10-5-3-4-9(12)8-10/h3-5,8,14H,2,6-7H2,1H3,(H,13,15). The highest BCUT2D eigenvalue weighted by Crippen LogP contribution is 2.08. The number of carbonyl (C=O) groups is 1. The number of benzene rings is 1. The van der Waals surface area contributed by atoms with Crippen LogP contribution >= 0.6 is 0 Å². The Morgan fingerprint density at radius 1 is 1.47 bits per heavy atom. The number of rotatable bonds is 5. The van der Waals surface area contributed by atoms with E-state index in [1.165, 1.54) is 12.1 Å². The Morgan fingerprint density at radius 2 is 2.27 bits per heavy atom. The minimum atomic E-state index is -0.280. The molecule has 1 aromatic rings. The lowest BCUT2D eigenvalue weighted by Gasteiger charge is -2.06. The first kappa shape index (κ1) is 11.5. The molecular weight excluding hydrogens is 195 g/mol. The summed E-state index contributed by atoms with van der Waals surface area (Å²) in [5, 5.41) is 5.66. The molecule has 4 heteroatoms. The third-order valence-electron chi connectivity index (χ3n) is 1.88. The van der Waals surface area contributed by atoms with Gasteiger partial charge in [-0.3, -0.25) is 4.79 Å². The largest absolute Gasteiger partial charge is 0.384 e. The maximum atomic E-state index is 12.8. The molecule has 0 fully saturated rings. The van der Waals surface area contributed by atoms with Crippen LogP contribution in [0, 0.1) is 5.82 Å². The zero-order valence-electron chi connectivity index (χ0n) is 8.72. The van der Waals surface area contributed by atoms with E-state index in [1.54, 1.807) is 12.1 Å². The van der Waals surface area contributed by atoms with Crippen LogP contribution in [0.5, 0.6) is 0 Å². The van der Waals surface area contributed by atoms with E-state index in [-0.39, 0.29) is 11.7 Å². The van der Waals surface area contributed by atoms with E-state index in [4.69, 9.17) is 0 Å². The maximum Gasteiger partial charge on any atom is 0.221 e. The Hall–Kier alpha value is -1.58. The van der Waals surface area contributed by atoms with Gasteiger partial charge in [-0.25, -0.2) is 4.39 Å². The molecule has 15 heavy (non-hydrogen) atoms. The van der Waals surface area contributed by atoms with E-state index < -0.39 is 0 Å². The molecule has 2 N–H and O–H groups in total. The van der Waals surface area contributed by atoms with Gasteiger partial charge in [-0.1, -0.05) is 6.07 Å². The molecule has 0 saturated heterocycles. The second-order valence-corrected chi connectivity index (χ2v) is 3.14. The average molecular weight is 210 g/mol. The van der Waals surface area contributed by atoms with Crippen molar-refractivity contribution in [3.63, 3.8) is 0 Å². The first-order chi connectivity index (χ1) is 7.22. The lowest BCUT2D eigenvalue weighted by atomic mass is 10.3. The lowest BCUT2D eigenvalue weighted by molar-refractivity contribution is -0.120. The van der Waals surface area contributed by atoms with Gasteiger partial charge in [0.15, 0.2) is 0 Å². The monoisotopic (exact) mass is 210 g/mol. The van der Waals surface area contributed by atoms with Crippen LogP contribution in [0.4, 0.5) is 10.1 Å². The highest BCUT2D eigenvalue weighted by Gasteiger charge is 1.99. The molecule has 1 rings (SSSR count). The first-order valence-corrected chi connectivity index (χ1v) is 4.98. The Kier molecular flexibility index (Phi) is 4.60. The fourth-order valence-corrected chi connectivity index (χ4v) is 1.20. The van der Waals surface area contributed by atoms with Gasteiger partial charge in [-0.15, -0.1) is 0 Å². The van der Waals surface area contributed by atoms with Crippen molar-refractivity contribution in [3.8, 4) is 0 Å². The zero-order valence-corrected chi connectivity index (χ0v) is 8.72. The zero-order chi connectivity index (χ0) is 11.1. The fraction of sp³-hybridized carbons (Fsp3) is 0.364. The van der Waals surface area contributed by atoms with Crippen molar-refractivity contribution in [2.75, 3.05) is 18.4 Å². The van der Waals surface area contributed by atoms with Crippen LogP contribution in [0.15, 0.2) is 24.3 Å². The molecule has 0 bridgehead atoms. The summed E-state index contributed by atoms with van der Waals surface area (Å²) in [7, 11) is 0. The topological polar surface area (TPSA) is 41.1 Å². The molecule has 0 aliphatic carbocycles. The smallest absolute Gasteiger partial charge is 0.221 e. The number of halogens is 1. The van der Waals surface area contributed by atoms with Crippen LogP contribution < -0.4 is 10.6 Å². The van der Waals surface area contributed by atoms with Crippen LogP contribution in [0.1, 0.15) is 13.3 Å². The number of carbonyl (C=O) groups excluding carboxylic acids is 1. The molecule has 82 valence electrons. The molecule has 0 unspecified atom stereocenters. The molecule has 0 saturated carbocycles. The number of hydrogen-bond donors (Lipinski definition) is 2. The van der Waals surface area contributed by atoms with Gasteiger partial charge in [0.1, 0.15) is 5.82 Å². The highest BCUT2D eigenvalue weighted by molar-refractivity contribution is 5.76. The fourth-order valence-electron chi connectivity index (χ4n) is 1.20. The second-order valence-electron chi connectivity index (χ2n) is 3.14. The predicted molar refractivity (Wildman–Crippen MR) is 58.2 cm³/mol. The number of anilines is 1. The minimum Gasteiger partial charge on any atom is -0.384 e. The van der Waals surface area contributed by atoms with Crippen LogP contribution in [0.2, 0.25) is 0 Å².